The van der Waals surface area contributed by atoms with E-state index in [-0.39, 0.29) is 5.91 Å². The molecule has 2 unspecified atom stereocenters. The lowest BCUT2D eigenvalue weighted by Crippen LogP contribution is -2.39. The molecule has 1 fully saturated rings. The Morgan fingerprint density at radius 2 is 2.20 bits per heavy atom. The van der Waals surface area contributed by atoms with E-state index in [9.17, 15) is 4.79 Å². The van der Waals surface area contributed by atoms with Gasteiger partial charge in [0.05, 0.1) is 5.69 Å². The van der Waals surface area contributed by atoms with E-state index >= 15 is 0 Å². The molecule has 5 heteroatoms. The maximum absolute atomic E-state index is 12.3. The van der Waals surface area contributed by atoms with E-state index in [4.69, 9.17) is 5.84 Å². The van der Waals surface area contributed by atoms with Gasteiger partial charge in [0, 0.05) is 16.9 Å². The Morgan fingerprint density at radius 1 is 1.40 bits per heavy atom. The molecule has 4 N–H and O–H groups in total. The summed E-state index contributed by atoms with van der Waals surface area (Å²) in [7, 11) is 0. The molecule has 0 aliphatic heterocycles. The molecule has 1 aromatic carbocycles. The van der Waals surface area contributed by atoms with Crippen LogP contribution in [0.5, 0.6) is 0 Å². The summed E-state index contributed by atoms with van der Waals surface area (Å²) in [4.78, 5) is 12.3. The number of nitrogens with two attached hydrogens (primary N) is 1. The summed E-state index contributed by atoms with van der Waals surface area (Å²) in [6.45, 7) is 1.94. The number of anilines is 1. The number of carbonyl (C=O) groups is 1. The summed E-state index contributed by atoms with van der Waals surface area (Å²) in [6, 6.07) is 5.84. The van der Waals surface area contributed by atoms with Crippen LogP contribution >= 0.6 is 11.8 Å². The fourth-order valence-corrected chi connectivity index (χ4v) is 3.55. The number of hydrogen-bond acceptors (Lipinski definition) is 4. The number of aryl methyl sites for hydroxylation is 1. The van der Waals surface area contributed by atoms with Crippen molar-refractivity contribution in [1.29, 1.82) is 0 Å². The van der Waals surface area contributed by atoms with Gasteiger partial charge in [0.1, 0.15) is 0 Å². The number of carbonyl (C=O) groups excluding carboxylic acids is 1. The molecule has 0 spiro atoms. The first-order chi connectivity index (χ1) is 9.63. The van der Waals surface area contributed by atoms with Crippen molar-refractivity contribution in [2.75, 3.05) is 11.7 Å². The van der Waals surface area contributed by atoms with Gasteiger partial charge in [0.25, 0.3) is 5.91 Å². The van der Waals surface area contributed by atoms with Crippen LogP contribution in [0.25, 0.3) is 0 Å². The van der Waals surface area contributed by atoms with Crippen LogP contribution in [0.3, 0.4) is 0 Å². The molecule has 0 saturated heterocycles. The van der Waals surface area contributed by atoms with Gasteiger partial charge in [-0.1, -0.05) is 6.42 Å². The molecule has 0 bridgehead atoms. The van der Waals surface area contributed by atoms with E-state index in [0.29, 0.717) is 16.9 Å². The first-order valence-electron chi connectivity index (χ1n) is 7.05. The zero-order valence-corrected chi connectivity index (χ0v) is 12.9. The number of benzene rings is 1. The standard InChI is InChI=1S/C15H23N3OS/c1-10-8-11(6-7-14(10)18-16)15(19)17-12-4-3-5-13(9-12)20-2/h6-8,12-13,18H,3-5,9,16H2,1-2H3,(H,17,19). The average Bonchev–Trinajstić information content (AvgIpc) is 2.47. The van der Waals surface area contributed by atoms with Gasteiger partial charge in [0.2, 0.25) is 0 Å². The lowest BCUT2D eigenvalue weighted by molar-refractivity contribution is 0.0928. The van der Waals surface area contributed by atoms with Crippen LogP contribution in [0.4, 0.5) is 5.69 Å². The third kappa shape index (κ3) is 3.67. The van der Waals surface area contributed by atoms with E-state index in [1.165, 1.54) is 12.8 Å². The molecule has 1 amide bonds. The molecule has 1 saturated carbocycles. The third-order valence-corrected chi connectivity index (χ3v) is 5.03. The summed E-state index contributed by atoms with van der Waals surface area (Å²) < 4.78 is 0. The quantitative estimate of drug-likeness (QED) is 0.590. The number of hydrazine groups is 1. The van der Waals surface area contributed by atoms with Crippen LogP contribution in [0.2, 0.25) is 0 Å². The van der Waals surface area contributed by atoms with E-state index in [0.717, 1.165) is 24.1 Å². The number of rotatable bonds is 4. The lowest BCUT2D eigenvalue weighted by Gasteiger charge is -2.28. The summed E-state index contributed by atoms with van der Waals surface area (Å²) in [5, 5.41) is 3.84. The van der Waals surface area contributed by atoms with Crippen LogP contribution in [-0.4, -0.2) is 23.5 Å². The highest BCUT2D eigenvalue weighted by Gasteiger charge is 2.23. The molecular weight excluding hydrogens is 270 g/mol. The molecule has 2 rings (SSSR count). The minimum atomic E-state index is 0.0171. The normalized spacial score (nSPS) is 22.4. The zero-order chi connectivity index (χ0) is 14.5. The van der Waals surface area contributed by atoms with Crippen LogP contribution in [0.1, 0.15) is 41.6 Å². The van der Waals surface area contributed by atoms with Crippen molar-refractivity contribution in [3.05, 3.63) is 29.3 Å². The zero-order valence-electron chi connectivity index (χ0n) is 12.1. The Hall–Kier alpha value is -1.20. The van der Waals surface area contributed by atoms with E-state index in [1.54, 1.807) is 0 Å². The molecule has 0 heterocycles. The Bertz CT molecular complexity index is 478. The average molecular weight is 293 g/mol. The van der Waals surface area contributed by atoms with Gasteiger partial charge in [-0.15, -0.1) is 0 Å². The topological polar surface area (TPSA) is 67.2 Å². The first kappa shape index (κ1) is 15.2. The molecule has 2 atom stereocenters. The van der Waals surface area contributed by atoms with Crippen LogP contribution in [0, 0.1) is 6.92 Å². The van der Waals surface area contributed by atoms with Crippen LogP contribution in [-0.2, 0) is 0 Å². The Kier molecular flexibility index (Phi) is 5.31. The number of nitrogen functional groups attached to an aromatic ring is 1. The monoisotopic (exact) mass is 293 g/mol. The Morgan fingerprint density at radius 3 is 2.85 bits per heavy atom. The second-order valence-corrected chi connectivity index (χ2v) is 6.51. The predicted octanol–water partition coefficient (Wildman–Crippen LogP) is 2.68. The number of thioether (sulfide) groups is 1. The van der Waals surface area contributed by atoms with E-state index < -0.39 is 0 Å². The molecule has 110 valence electrons. The Labute approximate surface area is 124 Å². The minimum absolute atomic E-state index is 0.0171. The van der Waals surface area contributed by atoms with Crippen LogP contribution in [0.15, 0.2) is 18.2 Å². The van der Waals surface area contributed by atoms with Gasteiger partial charge in [-0.2, -0.15) is 11.8 Å². The number of amides is 1. The van der Waals surface area contributed by atoms with Gasteiger partial charge < -0.3 is 10.7 Å². The molecule has 20 heavy (non-hydrogen) atoms. The van der Waals surface area contributed by atoms with Crippen molar-refractivity contribution < 1.29 is 4.79 Å². The van der Waals surface area contributed by atoms with Gasteiger partial charge >= 0.3 is 0 Å². The van der Waals surface area contributed by atoms with Crippen LogP contribution < -0.4 is 16.6 Å². The molecule has 0 radical (unpaired) electrons. The second-order valence-electron chi connectivity index (χ2n) is 5.37. The summed E-state index contributed by atoms with van der Waals surface area (Å²) in [6.07, 6.45) is 6.78. The minimum Gasteiger partial charge on any atom is -0.349 e. The molecular formula is C15H23N3OS. The fraction of sp³-hybridized carbons (Fsp3) is 0.533. The van der Waals surface area contributed by atoms with Gasteiger partial charge in [-0.25, -0.2) is 0 Å². The largest absolute Gasteiger partial charge is 0.349 e. The lowest BCUT2D eigenvalue weighted by atomic mass is 9.94. The predicted molar refractivity (Wildman–Crippen MR) is 86.0 cm³/mol. The highest BCUT2D eigenvalue weighted by molar-refractivity contribution is 7.99. The van der Waals surface area contributed by atoms with Gasteiger partial charge in [-0.05, 0) is 56.2 Å². The van der Waals surface area contributed by atoms with Gasteiger partial charge in [0.15, 0.2) is 0 Å². The van der Waals surface area contributed by atoms with Crippen molar-refractivity contribution in [3.8, 4) is 0 Å². The van der Waals surface area contributed by atoms with Crippen molar-refractivity contribution >= 4 is 23.4 Å². The van der Waals surface area contributed by atoms with Crippen molar-refractivity contribution in [1.82, 2.24) is 5.32 Å². The van der Waals surface area contributed by atoms with E-state index in [2.05, 4.69) is 17.0 Å². The summed E-state index contributed by atoms with van der Waals surface area (Å²) >= 11 is 1.91. The molecule has 1 aliphatic rings. The number of nitrogens with one attached hydrogen (secondary N) is 2. The molecule has 0 aromatic heterocycles. The SMILES string of the molecule is CSC1CCCC(NC(=O)c2ccc(NN)c(C)c2)C1. The second kappa shape index (κ2) is 6.99. The first-order valence-corrected chi connectivity index (χ1v) is 8.33. The van der Waals surface area contributed by atoms with Crippen molar-refractivity contribution in [3.63, 3.8) is 0 Å². The highest BCUT2D eigenvalue weighted by Crippen LogP contribution is 2.27. The Balaban J connectivity index is 1.99. The molecule has 1 aliphatic carbocycles. The van der Waals surface area contributed by atoms with Crippen molar-refractivity contribution in [2.45, 2.75) is 43.9 Å². The van der Waals surface area contributed by atoms with E-state index in [1.807, 2.05) is 36.9 Å². The third-order valence-electron chi connectivity index (χ3n) is 3.94. The molecule has 4 nitrogen and oxygen atoms in total. The number of hydrogen-bond donors (Lipinski definition) is 3. The maximum atomic E-state index is 12.3. The van der Waals surface area contributed by atoms with Crippen molar-refractivity contribution in [2.24, 2.45) is 5.84 Å². The molecule has 1 aromatic rings. The fourth-order valence-electron chi connectivity index (χ4n) is 2.73. The summed E-state index contributed by atoms with van der Waals surface area (Å²) in [5.41, 5.74) is 5.15. The highest BCUT2D eigenvalue weighted by atomic mass is 32.2. The maximum Gasteiger partial charge on any atom is 0.251 e. The summed E-state index contributed by atoms with van der Waals surface area (Å²) in [5.74, 6) is 5.42. The smallest absolute Gasteiger partial charge is 0.251 e. The van der Waals surface area contributed by atoms with Gasteiger partial charge in [-0.3, -0.25) is 10.6 Å².